The number of unbranched alkanes of at least 4 members (excludes halogenated alkanes) is 1. The molecule has 0 aromatic carbocycles. The highest BCUT2D eigenvalue weighted by atomic mass is 32.2. The van der Waals surface area contributed by atoms with Crippen LogP contribution in [0.25, 0.3) is 0 Å². The standard InChI is InChI=1S/C11H26N4O2S/c1-6-7-8-13-10(12-4)14-9-11(2,3)15-18(5,16)17/h15H,6-9H2,1-5H3,(H2,12,13,14). The molecule has 0 rings (SSSR count). The van der Waals surface area contributed by atoms with Crippen molar-refractivity contribution in [3.8, 4) is 0 Å². The topological polar surface area (TPSA) is 82.6 Å². The smallest absolute Gasteiger partial charge is 0.209 e. The summed E-state index contributed by atoms with van der Waals surface area (Å²) in [6, 6.07) is 0. The first-order valence-electron chi connectivity index (χ1n) is 6.13. The van der Waals surface area contributed by atoms with Crippen molar-refractivity contribution in [2.45, 2.75) is 39.2 Å². The Labute approximate surface area is 111 Å². The summed E-state index contributed by atoms with van der Waals surface area (Å²) < 4.78 is 24.9. The molecule has 0 aromatic rings. The predicted molar refractivity (Wildman–Crippen MR) is 76.3 cm³/mol. The molecule has 0 amide bonds. The number of rotatable bonds is 7. The van der Waals surface area contributed by atoms with Crippen LogP contribution >= 0.6 is 0 Å². The molecule has 3 N–H and O–H groups in total. The lowest BCUT2D eigenvalue weighted by Gasteiger charge is -2.26. The molecule has 0 aliphatic carbocycles. The molecule has 18 heavy (non-hydrogen) atoms. The largest absolute Gasteiger partial charge is 0.356 e. The van der Waals surface area contributed by atoms with E-state index in [9.17, 15) is 8.42 Å². The molecule has 108 valence electrons. The molecule has 7 heteroatoms. The molecule has 0 bridgehead atoms. The van der Waals surface area contributed by atoms with E-state index in [-0.39, 0.29) is 0 Å². The maximum absolute atomic E-state index is 11.2. The van der Waals surface area contributed by atoms with Gasteiger partial charge in [-0.25, -0.2) is 13.1 Å². The Bertz CT molecular complexity index is 363. The van der Waals surface area contributed by atoms with E-state index in [1.807, 2.05) is 13.8 Å². The average molecular weight is 278 g/mol. The highest BCUT2D eigenvalue weighted by Gasteiger charge is 2.22. The van der Waals surface area contributed by atoms with Gasteiger partial charge in [-0.05, 0) is 20.3 Å². The predicted octanol–water partition coefficient (Wildman–Crippen LogP) is 0.279. The summed E-state index contributed by atoms with van der Waals surface area (Å²) >= 11 is 0. The minimum absolute atomic E-state index is 0.464. The second-order valence-corrected chi connectivity index (χ2v) is 6.71. The number of guanidine groups is 1. The van der Waals surface area contributed by atoms with Gasteiger partial charge < -0.3 is 10.6 Å². The quantitative estimate of drug-likeness (QED) is 0.355. The van der Waals surface area contributed by atoms with Crippen LogP contribution in [0.2, 0.25) is 0 Å². The highest BCUT2D eigenvalue weighted by Crippen LogP contribution is 2.01. The third-order valence-electron chi connectivity index (χ3n) is 2.21. The van der Waals surface area contributed by atoms with Gasteiger partial charge >= 0.3 is 0 Å². The van der Waals surface area contributed by atoms with E-state index in [0.717, 1.165) is 25.6 Å². The van der Waals surface area contributed by atoms with Gasteiger partial charge in [0, 0.05) is 25.7 Å². The molecule has 0 unspecified atom stereocenters. The zero-order valence-corrected chi connectivity index (χ0v) is 12.8. The van der Waals surface area contributed by atoms with Crippen molar-refractivity contribution in [1.29, 1.82) is 0 Å². The van der Waals surface area contributed by atoms with Gasteiger partial charge in [0.15, 0.2) is 5.96 Å². The van der Waals surface area contributed by atoms with Gasteiger partial charge in [0.05, 0.1) is 6.26 Å². The van der Waals surface area contributed by atoms with Gasteiger partial charge in [-0.1, -0.05) is 13.3 Å². The van der Waals surface area contributed by atoms with E-state index in [2.05, 4.69) is 27.3 Å². The lowest BCUT2D eigenvalue weighted by Crippen LogP contribution is -2.53. The molecule has 0 aromatic heterocycles. The Morgan fingerprint density at radius 2 is 1.89 bits per heavy atom. The van der Waals surface area contributed by atoms with Crippen molar-refractivity contribution in [2.24, 2.45) is 4.99 Å². The van der Waals surface area contributed by atoms with Crippen LogP contribution in [0, 0.1) is 0 Å². The first kappa shape index (κ1) is 17.2. The second kappa shape index (κ2) is 7.58. The molecule has 0 heterocycles. The fourth-order valence-corrected chi connectivity index (χ4v) is 2.52. The molecular formula is C11H26N4O2S. The maximum atomic E-state index is 11.2. The lowest BCUT2D eigenvalue weighted by molar-refractivity contribution is 0.446. The molecule has 0 spiro atoms. The van der Waals surface area contributed by atoms with E-state index in [1.54, 1.807) is 7.05 Å². The number of sulfonamides is 1. The summed E-state index contributed by atoms with van der Waals surface area (Å²) in [6.45, 7) is 7.08. The van der Waals surface area contributed by atoms with Crippen LogP contribution in [0.15, 0.2) is 4.99 Å². The Morgan fingerprint density at radius 1 is 1.28 bits per heavy atom. The van der Waals surface area contributed by atoms with E-state index in [0.29, 0.717) is 12.5 Å². The Kier molecular flexibility index (Phi) is 7.23. The highest BCUT2D eigenvalue weighted by molar-refractivity contribution is 7.88. The van der Waals surface area contributed by atoms with Gasteiger partial charge in [0.2, 0.25) is 10.0 Å². The van der Waals surface area contributed by atoms with Gasteiger partial charge in [0.1, 0.15) is 0 Å². The number of aliphatic imine (C=N–C) groups is 1. The zero-order valence-electron chi connectivity index (χ0n) is 12.0. The Hall–Kier alpha value is -0.820. The zero-order chi connectivity index (χ0) is 14.2. The summed E-state index contributed by atoms with van der Waals surface area (Å²) in [6.07, 6.45) is 3.35. The fraction of sp³-hybridized carbons (Fsp3) is 0.909. The van der Waals surface area contributed by atoms with Gasteiger partial charge in [-0.3, -0.25) is 4.99 Å². The van der Waals surface area contributed by atoms with Gasteiger partial charge in [0.25, 0.3) is 0 Å². The third kappa shape index (κ3) is 9.23. The van der Waals surface area contributed by atoms with Crippen molar-refractivity contribution in [1.82, 2.24) is 15.4 Å². The van der Waals surface area contributed by atoms with E-state index in [4.69, 9.17) is 0 Å². The number of nitrogens with one attached hydrogen (secondary N) is 3. The molecule has 0 saturated heterocycles. The maximum Gasteiger partial charge on any atom is 0.209 e. The molecule has 0 fully saturated rings. The second-order valence-electron chi connectivity index (χ2n) is 4.96. The van der Waals surface area contributed by atoms with Crippen molar-refractivity contribution < 1.29 is 8.42 Å². The van der Waals surface area contributed by atoms with E-state index < -0.39 is 15.6 Å². The molecule has 0 radical (unpaired) electrons. The van der Waals surface area contributed by atoms with Crippen LogP contribution in [-0.4, -0.2) is 46.3 Å². The Morgan fingerprint density at radius 3 is 2.33 bits per heavy atom. The van der Waals surface area contributed by atoms with Crippen molar-refractivity contribution in [2.75, 3.05) is 26.4 Å². The summed E-state index contributed by atoms with van der Waals surface area (Å²) in [5.41, 5.74) is -0.560. The normalized spacial score (nSPS) is 13.5. The Balaban J connectivity index is 4.19. The molecule has 0 aliphatic rings. The van der Waals surface area contributed by atoms with Crippen LogP contribution in [0.4, 0.5) is 0 Å². The van der Waals surface area contributed by atoms with Crippen molar-refractivity contribution in [3.63, 3.8) is 0 Å². The summed E-state index contributed by atoms with van der Waals surface area (Å²) in [5.74, 6) is 0.687. The molecule has 0 atom stereocenters. The number of nitrogens with zero attached hydrogens (tertiary/aromatic N) is 1. The number of hydrogen-bond donors (Lipinski definition) is 3. The van der Waals surface area contributed by atoms with E-state index >= 15 is 0 Å². The van der Waals surface area contributed by atoms with Crippen LogP contribution in [0.1, 0.15) is 33.6 Å². The summed E-state index contributed by atoms with van der Waals surface area (Å²) in [5, 5.41) is 6.27. The molecule has 0 aliphatic heterocycles. The van der Waals surface area contributed by atoms with Crippen LogP contribution in [0.5, 0.6) is 0 Å². The molecule has 0 saturated carbocycles. The van der Waals surface area contributed by atoms with Crippen LogP contribution in [0.3, 0.4) is 0 Å². The average Bonchev–Trinajstić information content (AvgIpc) is 2.19. The molecule has 6 nitrogen and oxygen atoms in total. The van der Waals surface area contributed by atoms with E-state index in [1.165, 1.54) is 0 Å². The lowest BCUT2D eigenvalue weighted by atomic mass is 10.1. The minimum atomic E-state index is -3.21. The monoisotopic (exact) mass is 278 g/mol. The van der Waals surface area contributed by atoms with Gasteiger partial charge in [-0.2, -0.15) is 0 Å². The number of hydrogen-bond acceptors (Lipinski definition) is 3. The fourth-order valence-electron chi connectivity index (χ4n) is 1.45. The van der Waals surface area contributed by atoms with Crippen LogP contribution in [-0.2, 0) is 10.0 Å². The van der Waals surface area contributed by atoms with Gasteiger partial charge in [-0.15, -0.1) is 0 Å². The van der Waals surface area contributed by atoms with Crippen LogP contribution < -0.4 is 15.4 Å². The minimum Gasteiger partial charge on any atom is -0.356 e. The summed E-state index contributed by atoms with van der Waals surface area (Å²) in [7, 11) is -1.51. The first-order valence-corrected chi connectivity index (χ1v) is 8.03. The first-order chi connectivity index (χ1) is 8.20. The third-order valence-corrected chi connectivity index (χ3v) is 3.13. The van der Waals surface area contributed by atoms with Crippen molar-refractivity contribution in [3.05, 3.63) is 0 Å². The SMILES string of the molecule is CCCCNC(=NC)NCC(C)(C)NS(C)(=O)=O. The van der Waals surface area contributed by atoms with Crippen molar-refractivity contribution >= 4 is 16.0 Å². The molecular weight excluding hydrogens is 252 g/mol. The summed E-state index contributed by atoms with van der Waals surface area (Å²) in [4.78, 5) is 4.08.